The fourth-order valence-corrected chi connectivity index (χ4v) is 4.32. The van der Waals surface area contributed by atoms with Crippen LogP contribution in [0.3, 0.4) is 0 Å². The molecule has 1 aromatic heterocycles. The number of carboxylic acid groups (broad SMARTS) is 1. The number of hydrogen-bond acceptors (Lipinski definition) is 4. The largest absolute Gasteiger partial charge is 0.478 e. The highest BCUT2D eigenvalue weighted by atomic mass is 32.2. The second-order valence-corrected chi connectivity index (χ2v) is 7.09. The molecule has 0 aliphatic carbocycles. The van der Waals surface area contributed by atoms with Gasteiger partial charge in [0.05, 0.1) is 5.75 Å². The molecule has 0 saturated heterocycles. The second-order valence-electron chi connectivity index (χ2n) is 5.06. The van der Waals surface area contributed by atoms with E-state index in [1.807, 2.05) is 0 Å². The molecule has 0 bridgehead atoms. The SMILES string of the molecule is O=C(O)c1c(-c2ccccc2F)nn2c1S(=O)(=O)CCCC2. The van der Waals surface area contributed by atoms with Gasteiger partial charge in [0.25, 0.3) is 0 Å². The molecule has 0 radical (unpaired) electrons. The standard InChI is InChI=1S/C14H13FN2O4S/c15-10-6-2-1-5-9(10)12-11(14(18)19)13-17(16-12)7-3-4-8-22(13,20)21/h1-2,5-6H,3-4,7-8H2,(H,18,19). The van der Waals surface area contributed by atoms with Gasteiger partial charge in [-0.1, -0.05) is 12.1 Å². The quantitative estimate of drug-likeness (QED) is 0.912. The zero-order valence-electron chi connectivity index (χ0n) is 11.5. The smallest absolute Gasteiger partial charge is 0.340 e. The van der Waals surface area contributed by atoms with E-state index in [1.165, 1.54) is 22.9 Å². The van der Waals surface area contributed by atoms with E-state index in [9.17, 15) is 22.7 Å². The topological polar surface area (TPSA) is 89.3 Å². The Morgan fingerprint density at radius 1 is 1.27 bits per heavy atom. The summed E-state index contributed by atoms with van der Waals surface area (Å²) in [6, 6.07) is 5.58. The first-order valence-corrected chi connectivity index (χ1v) is 8.39. The summed E-state index contributed by atoms with van der Waals surface area (Å²) in [7, 11) is -3.76. The molecule has 2 aromatic rings. The minimum absolute atomic E-state index is 0.0179. The van der Waals surface area contributed by atoms with E-state index in [1.54, 1.807) is 6.07 Å². The number of aromatic nitrogens is 2. The number of carbonyl (C=O) groups is 1. The summed E-state index contributed by atoms with van der Waals surface area (Å²) in [5, 5.41) is 13.2. The number of hydrogen-bond donors (Lipinski definition) is 1. The Labute approximate surface area is 126 Å². The van der Waals surface area contributed by atoms with E-state index in [-0.39, 0.29) is 22.0 Å². The Morgan fingerprint density at radius 2 is 2.00 bits per heavy atom. The molecule has 1 aliphatic heterocycles. The summed E-state index contributed by atoms with van der Waals surface area (Å²) >= 11 is 0. The normalized spacial score (nSPS) is 16.8. The van der Waals surface area contributed by atoms with Gasteiger partial charge in [-0.3, -0.25) is 4.68 Å². The minimum atomic E-state index is -3.76. The summed E-state index contributed by atoms with van der Waals surface area (Å²) in [5.41, 5.74) is -0.617. The average molecular weight is 324 g/mol. The molecule has 0 unspecified atom stereocenters. The summed E-state index contributed by atoms with van der Waals surface area (Å²) in [6.45, 7) is 0.295. The fourth-order valence-electron chi connectivity index (χ4n) is 2.60. The first-order chi connectivity index (χ1) is 10.4. The second kappa shape index (κ2) is 5.20. The van der Waals surface area contributed by atoms with Gasteiger partial charge in [0, 0.05) is 12.1 Å². The van der Waals surface area contributed by atoms with E-state index in [4.69, 9.17) is 0 Å². The molecule has 0 amide bonds. The van der Waals surface area contributed by atoms with Gasteiger partial charge in [-0.2, -0.15) is 5.10 Å². The molecule has 0 spiro atoms. The molecule has 1 aromatic carbocycles. The van der Waals surface area contributed by atoms with E-state index < -0.39 is 27.2 Å². The van der Waals surface area contributed by atoms with Crippen molar-refractivity contribution < 1.29 is 22.7 Å². The molecule has 0 atom stereocenters. The predicted octanol–water partition coefficient (Wildman–Crippen LogP) is 1.95. The highest BCUT2D eigenvalue weighted by molar-refractivity contribution is 7.91. The third kappa shape index (κ3) is 2.29. The molecule has 22 heavy (non-hydrogen) atoms. The number of sulfone groups is 1. The van der Waals surface area contributed by atoms with Crippen LogP contribution in [-0.2, 0) is 16.4 Å². The molecule has 0 fully saturated rings. The van der Waals surface area contributed by atoms with Crippen LogP contribution < -0.4 is 0 Å². The highest BCUT2D eigenvalue weighted by Gasteiger charge is 2.34. The lowest BCUT2D eigenvalue weighted by molar-refractivity contribution is 0.0693. The van der Waals surface area contributed by atoms with E-state index >= 15 is 0 Å². The first kappa shape index (κ1) is 14.7. The first-order valence-electron chi connectivity index (χ1n) is 6.73. The van der Waals surface area contributed by atoms with Gasteiger partial charge in [-0.05, 0) is 25.0 Å². The fraction of sp³-hybridized carbons (Fsp3) is 0.286. The van der Waals surface area contributed by atoms with Crippen molar-refractivity contribution in [3.8, 4) is 11.3 Å². The number of aryl methyl sites for hydroxylation is 1. The van der Waals surface area contributed by atoms with E-state index in [2.05, 4.69) is 5.10 Å². The number of aromatic carboxylic acids is 1. The molecular weight excluding hydrogens is 311 g/mol. The highest BCUT2D eigenvalue weighted by Crippen LogP contribution is 2.32. The molecular formula is C14H13FN2O4S. The number of rotatable bonds is 2. The zero-order chi connectivity index (χ0) is 15.9. The van der Waals surface area contributed by atoms with Crippen LogP contribution >= 0.6 is 0 Å². The molecule has 8 heteroatoms. The van der Waals surface area contributed by atoms with Gasteiger partial charge in [0.15, 0.2) is 14.9 Å². The molecule has 0 saturated carbocycles. The number of nitrogens with zero attached hydrogens (tertiary/aromatic N) is 2. The van der Waals surface area contributed by atoms with Gasteiger partial charge < -0.3 is 5.11 Å². The van der Waals surface area contributed by atoms with Crippen LogP contribution in [-0.4, -0.2) is 35.0 Å². The Bertz CT molecular complexity index is 858. The van der Waals surface area contributed by atoms with Gasteiger partial charge in [-0.25, -0.2) is 17.6 Å². The number of fused-ring (bicyclic) bond motifs is 1. The number of carboxylic acids is 1. The van der Waals surface area contributed by atoms with Crippen LogP contribution in [0.2, 0.25) is 0 Å². The van der Waals surface area contributed by atoms with E-state index in [0.29, 0.717) is 19.4 Å². The maximum Gasteiger partial charge on any atom is 0.340 e. The van der Waals surface area contributed by atoms with Crippen LogP contribution in [0.25, 0.3) is 11.3 Å². The van der Waals surface area contributed by atoms with Crippen LogP contribution in [0.1, 0.15) is 23.2 Å². The van der Waals surface area contributed by atoms with Gasteiger partial charge in [0.2, 0.25) is 0 Å². The number of halogens is 1. The van der Waals surface area contributed by atoms with Crippen molar-refractivity contribution in [1.82, 2.24) is 9.78 Å². The lowest BCUT2D eigenvalue weighted by Gasteiger charge is -2.03. The lowest BCUT2D eigenvalue weighted by atomic mass is 10.1. The molecule has 2 heterocycles. The van der Waals surface area contributed by atoms with Crippen molar-refractivity contribution in [3.05, 3.63) is 35.6 Å². The van der Waals surface area contributed by atoms with Gasteiger partial charge >= 0.3 is 5.97 Å². The third-order valence-electron chi connectivity index (χ3n) is 3.58. The van der Waals surface area contributed by atoms with Crippen LogP contribution in [0.4, 0.5) is 4.39 Å². The molecule has 1 N–H and O–H groups in total. The minimum Gasteiger partial charge on any atom is -0.478 e. The Balaban J connectivity index is 2.35. The number of benzene rings is 1. The summed E-state index contributed by atoms with van der Waals surface area (Å²) < 4.78 is 39.8. The molecule has 116 valence electrons. The summed E-state index contributed by atoms with van der Waals surface area (Å²) in [6.07, 6.45) is 1.02. The summed E-state index contributed by atoms with van der Waals surface area (Å²) in [5.74, 6) is -2.20. The van der Waals surface area contributed by atoms with Crippen molar-refractivity contribution in [3.63, 3.8) is 0 Å². The Hall–Kier alpha value is -2.22. The summed E-state index contributed by atoms with van der Waals surface area (Å²) in [4.78, 5) is 11.6. The third-order valence-corrected chi connectivity index (χ3v) is 5.41. The van der Waals surface area contributed by atoms with E-state index in [0.717, 1.165) is 0 Å². The lowest BCUT2D eigenvalue weighted by Crippen LogP contribution is -2.13. The Morgan fingerprint density at radius 3 is 2.68 bits per heavy atom. The monoisotopic (exact) mass is 324 g/mol. The maximum absolute atomic E-state index is 14.0. The van der Waals surface area contributed by atoms with Gasteiger partial charge in [0.1, 0.15) is 17.1 Å². The average Bonchev–Trinajstić information content (AvgIpc) is 2.78. The van der Waals surface area contributed by atoms with Crippen molar-refractivity contribution in [1.29, 1.82) is 0 Å². The van der Waals surface area contributed by atoms with Crippen molar-refractivity contribution in [2.24, 2.45) is 0 Å². The zero-order valence-corrected chi connectivity index (χ0v) is 12.3. The van der Waals surface area contributed by atoms with Crippen LogP contribution in [0, 0.1) is 5.82 Å². The van der Waals surface area contributed by atoms with Crippen molar-refractivity contribution in [2.45, 2.75) is 24.4 Å². The Kier molecular flexibility index (Phi) is 3.48. The maximum atomic E-state index is 14.0. The molecule has 1 aliphatic rings. The van der Waals surface area contributed by atoms with Gasteiger partial charge in [-0.15, -0.1) is 0 Å². The predicted molar refractivity (Wildman–Crippen MR) is 75.9 cm³/mol. The van der Waals surface area contributed by atoms with Crippen molar-refractivity contribution >= 4 is 15.8 Å². The van der Waals surface area contributed by atoms with Crippen LogP contribution in [0.5, 0.6) is 0 Å². The van der Waals surface area contributed by atoms with Crippen LogP contribution in [0.15, 0.2) is 29.3 Å². The van der Waals surface area contributed by atoms with Crippen molar-refractivity contribution in [2.75, 3.05) is 5.75 Å². The molecule has 6 nitrogen and oxygen atoms in total. The molecule has 3 rings (SSSR count).